The minimum absolute atomic E-state index is 0.0773. The smallest absolute Gasteiger partial charge is 0.227 e. The van der Waals surface area contributed by atoms with Crippen LogP contribution in [0.2, 0.25) is 0 Å². The standard InChI is InChI=1S/C18H16IN3O2/c1-12-3-2-4-13(11-12)18-21-17(24-22-18)10-9-16(23)20-15-7-5-14(19)6-8-15/h2-8,11H,9-10H2,1H3,(H,20,23). The van der Waals surface area contributed by atoms with Gasteiger partial charge in [0.2, 0.25) is 17.6 Å². The number of aromatic nitrogens is 2. The molecule has 0 aliphatic heterocycles. The molecule has 24 heavy (non-hydrogen) atoms. The Morgan fingerprint density at radius 3 is 2.75 bits per heavy atom. The fourth-order valence-corrected chi connectivity index (χ4v) is 2.59. The number of nitrogens with one attached hydrogen (secondary N) is 1. The molecule has 0 saturated carbocycles. The van der Waals surface area contributed by atoms with Crippen molar-refractivity contribution in [3.05, 3.63) is 63.6 Å². The lowest BCUT2D eigenvalue weighted by Gasteiger charge is -2.03. The summed E-state index contributed by atoms with van der Waals surface area (Å²) in [6, 6.07) is 15.5. The van der Waals surface area contributed by atoms with E-state index >= 15 is 0 Å². The van der Waals surface area contributed by atoms with Gasteiger partial charge in [0, 0.05) is 27.7 Å². The molecule has 0 aliphatic rings. The van der Waals surface area contributed by atoms with E-state index in [2.05, 4.69) is 38.0 Å². The zero-order valence-corrected chi connectivity index (χ0v) is 15.3. The highest BCUT2D eigenvalue weighted by atomic mass is 127. The van der Waals surface area contributed by atoms with E-state index in [1.165, 1.54) is 0 Å². The van der Waals surface area contributed by atoms with Gasteiger partial charge >= 0.3 is 0 Å². The van der Waals surface area contributed by atoms with Crippen molar-refractivity contribution in [2.45, 2.75) is 19.8 Å². The quantitative estimate of drug-likeness (QED) is 0.612. The van der Waals surface area contributed by atoms with Gasteiger partial charge in [-0.1, -0.05) is 28.9 Å². The largest absolute Gasteiger partial charge is 0.339 e. The van der Waals surface area contributed by atoms with Crippen molar-refractivity contribution in [1.29, 1.82) is 0 Å². The van der Waals surface area contributed by atoms with Crippen LogP contribution < -0.4 is 5.32 Å². The molecule has 0 fully saturated rings. The predicted octanol–water partition coefficient (Wildman–Crippen LogP) is 4.22. The number of anilines is 1. The van der Waals surface area contributed by atoms with Gasteiger partial charge in [0.25, 0.3) is 0 Å². The molecule has 1 aromatic heterocycles. The van der Waals surface area contributed by atoms with Crippen molar-refractivity contribution < 1.29 is 9.32 Å². The molecule has 122 valence electrons. The molecule has 1 heterocycles. The van der Waals surface area contributed by atoms with Crippen molar-refractivity contribution in [3.63, 3.8) is 0 Å². The molecule has 0 atom stereocenters. The van der Waals surface area contributed by atoms with E-state index in [1.54, 1.807) is 0 Å². The lowest BCUT2D eigenvalue weighted by molar-refractivity contribution is -0.116. The van der Waals surface area contributed by atoms with E-state index in [4.69, 9.17) is 4.52 Å². The first kappa shape index (κ1) is 16.6. The molecule has 0 saturated heterocycles. The van der Waals surface area contributed by atoms with Gasteiger partial charge in [-0.3, -0.25) is 4.79 Å². The van der Waals surface area contributed by atoms with Gasteiger partial charge in [-0.05, 0) is 59.8 Å². The predicted molar refractivity (Wildman–Crippen MR) is 101 cm³/mol. The van der Waals surface area contributed by atoms with E-state index in [0.29, 0.717) is 24.6 Å². The maximum absolute atomic E-state index is 12.0. The number of rotatable bonds is 5. The van der Waals surface area contributed by atoms with E-state index in [1.807, 2.05) is 55.5 Å². The van der Waals surface area contributed by atoms with Gasteiger partial charge in [-0.15, -0.1) is 0 Å². The molecule has 0 spiro atoms. The minimum Gasteiger partial charge on any atom is -0.339 e. The lowest BCUT2D eigenvalue weighted by Crippen LogP contribution is -2.12. The number of aryl methyl sites for hydroxylation is 2. The van der Waals surface area contributed by atoms with Crippen molar-refractivity contribution in [2.75, 3.05) is 5.32 Å². The zero-order valence-electron chi connectivity index (χ0n) is 13.1. The Kier molecular flexibility index (Phi) is 5.24. The van der Waals surface area contributed by atoms with Crippen LogP contribution in [0.25, 0.3) is 11.4 Å². The molecule has 0 radical (unpaired) electrons. The third-order valence-electron chi connectivity index (χ3n) is 3.44. The van der Waals surface area contributed by atoms with E-state index < -0.39 is 0 Å². The summed E-state index contributed by atoms with van der Waals surface area (Å²) >= 11 is 2.22. The maximum Gasteiger partial charge on any atom is 0.227 e. The van der Waals surface area contributed by atoms with Crippen molar-refractivity contribution in [3.8, 4) is 11.4 Å². The van der Waals surface area contributed by atoms with Crippen LogP contribution in [-0.2, 0) is 11.2 Å². The number of hydrogen-bond acceptors (Lipinski definition) is 4. The van der Waals surface area contributed by atoms with Crippen LogP contribution in [0, 0.1) is 10.5 Å². The van der Waals surface area contributed by atoms with Crippen LogP contribution in [0.5, 0.6) is 0 Å². The Morgan fingerprint density at radius 1 is 1.21 bits per heavy atom. The molecular formula is C18H16IN3O2. The molecule has 0 aliphatic carbocycles. The number of benzene rings is 2. The molecule has 6 heteroatoms. The summed E-state index contributed by atoms with van der Waals surface area (Å²) in [6.45, 7) is 2.01. The van der Waals surface area contributed by atoms with Crippen molar-refractivity contribution >= 4 is 34.2 Å². The highest BCUT2D eigenvalue weighted by molar-refractivity contribution is 14.1. The Balaban J connectivity index is 1.57. The van der Waals surface area contributed by atoms with Crippen LogP contribution in [0.1, 0.15) is 17.9 Å². The summed E-state index contributed by atoms with van der Waals surface area (Å²) < 4.78 is 6.36. The fraction of sp³-hybridized carbons (Fsp3) is 0.167. The zero-order chi connectivity index (χ0) is 16.9. The van der Waals surface area contributed by atoms with E-state index in [9.17, 15) is 4.79 Å². The Labute approximate surface area is 153 Å². The second-order valence-corrected chi connectivity index (χ2v) is 6.68. The minimum atomic E-state index is -0.0773. The third-order valence-corrected chi connectivity index (χ3v) is 4.16. The normalized spacial score (nSPS) is 10.6. The fourth-order valence-electron chi connectivity index (χ4n) is 2.23. The molecular weight excluding hydrogens is 417 g/mol. The second kappa shape index (κ2) is 7.57. The molecule has 3 rings (SSSR count). The van der Waals surface area contributed by atoms with E-state index in [-0.39, 0.29) is 5.91 Å². The Morgan fingerprint density at radius 2 is 2.00 bits per heavy atom. The van der Waals surface area contributed by atoms with Crippen molar-refractivity contribution in [2.24, 2.45) is 0 Å². The summed E-state index contributed by atoms with van der Waals surface area (Å²) in [5, 5.41) is 6.83. The third kappa shape index (κ3) is 4.41. The van der Waals surface area contributed by atoms with Gasteiger partial charge < -0.3 is 9.84 Å². The maximum atomic E-state index is 12.0. The average Bonchev–Trinajstić information content (AvgIpc) is 3.04. The number of halogens is 1. The lowest BCUT2D eigenvalue weighted by atomic mass is 10.1. The number of carbonyl (C=O) groups excluding carboxylic acids is 1. The van der Waals surface area contributed by atoms with Crippen LogP contribution in [0.4, 0.5) is 5.69 Å². The number of carbonyl (C=O) groups is 1. The average molecular weight is 433 g/mol. The molecule has 0 bridgehead atoms. The number of nitrogens with zero attached hydrogens (tertiary/aromatic N) is 2. The second-order valence-electron chi connectivity index (χ2n) is 5.44. The molecule has 0 unspecified atom stereocenters. The number of amides is 1. The van der Waals surface area contributed by atoms with Gasteiger partial charge in [0.15, 0.2) is 0 Å². The van der Waals surface area contributed by atoms with Crippen LogP contribution in [0.3, 0.4) is 0 Å². The highest BCUT2D eigenvalue weighted by Crippen LogP contribution is 2.17. The number of hydrogen-bond donors (Lipinski definition) is 1. The monoisotopic (exact) mass is 433 g/mol. The first-order chi connectivity index (χ1) is 11.6. The SMILES string of the molecule is Cc1cccc(-c2noc(CCC(=O)Nc3ccc(I)cc3)n2)c1. The topological polar surface area (TPSA) is 68.0 Å². The van der Waals surface area contributed by atoms with Crippen LogP contribution in [-0.4, -0.2) is 16.0 Å². The Hall–Kier alpha value is -2.22. The summed E-state index contributed by atoms with van der Waals surface area (Å²) in [5.41, 5.74) is 2.83. The van der Waals surface area contributed by atoms with Crippen LogP contribution >= 0.6 is 22.6 Å². The first-order valence-corrected chi connectivity index (χ1v) is 8.63. The summed E-state index contributed by atoms with van der Waals surface area (Å²) in [4.78, 5) is 16.3. The molecule has 3 aromatic rings. The molecule has 1 N–H and O–H groups in total. The summed E-state index contributed by atoms with van der Waals surface area (Å²) in [6.07, 6.45) is 0.705. The molecule has 2 aromatic carbocycles. The van der Waals surface area contributed by atoms with Gasteiger partial charge in [0.1, 0.15) is 0 Å². The van der Waals surface area contributed by atoms with Gasteiger partial charge in [-0.2, -0.15) is 4.98 Å². The molecule has 1 amide bonds. The summed E-state index contributed by atoms with van der Waals surface area (Å²) in [7, 11) is 0. The summed E-state index contributed by atoms with van der Waals surface area (Å²) in [5.74, 6) is 0.933. The highest BCUT2D eigenvalue weighted by Gasteiger charge is 2.11. The van der Waals surface area contributed by atoms with Crippen molar-refractivity contribution in [1.82, 2.24) is 10.1 Å². The van der Waals surface area contributed by atoms with E-state index in [0.717, 1.165) is 20.4 Å². The first-order valence-electron chi connectivity index (χ1n) is 7.55. The van der Waals surface area contributed by atoms with Gasteiger partial charge in [-0.25, -0.2) is 0 Å². The Bertz CT molecular complexity index is 843. The van der Waals surface area contributed by atoms with Gasteiger partial charge in [0.05, 0.1) is 0 Å². The van der Waals surface area contributed by atoms with Crippen LogP contribution in [0.15, 0.2) is 53.1 Å². The molecule has 5 nitrogen and oxygen atoms in total.